The number of benzene rings is 2. The molecule has 0 fully saturated rings. The lowest BCUT2D eigenvalue weighted by atomic mass is 10.2. The van der Waals surface area contributed by atoms with E-state index < -0.39 is 31.0 Å². The number of hydrogen-bond donors (Lipinski definition) is 1. The van der Waals surface area contributed by atoms with Crippen molar-refractivity contribution in [2.75, 3.05) is 6.61 Å². The van der Waals surface area contributed by atoms with E-state index in [0.717, 1.165) is 18.3 Å². The molecule has 0 aliphatic carbocycles. The molecule has 1 heterocycles. The van der Waals surface area contributed by atoms with Crippen molar-refractivity contribution in [1.29, 1.82) is 0 Å². The maximum Gasteiger partial charge on any atom is 0.387 e. The van der Waals surface area contributed by atoms with Crippen LogP contribution in [0.4, 0.5) is 17.6 Å². The average Bonchev–Trinajstić information content (AvgIpc) is 2.68. The van der Waals surface area contributed by atoms with Crippen LogP contribution >= 0.6 is 0 Å². The normalized spacial score (nSPS) is 15.6. The van der Waals surface area contributed by atoms with Crippen molar-refractivity contribution < 1.29 is 41.3 Å². The number of halogens is 4. The number of carbonyl (C=O) groups excluding carboxylic acids is 1. The number of para-hydroxylation sites is 2. The Labute approximate surface area is 161 Å². The second kappa shape index (κ2) is 9.13. The van der Waals surface area contributed by atoms with E-state index in [2.05, 4.69) is 20.0 Å². The number of fused-ring (bicyclic) bond motifs is 1. The summed E-state index contributed by atoms with van der Waals surface area (Å²) in [5, 5.41) is 3.66. The zero-order chi connectivity index (χ0) is 20.8. The molecule has 29 heavy (non-hydrogen) atoms. The maximum atomic E-state index is 12.6. The van der Waals surface area contributed by atoms with Gasteiger partial charge in [-0.15, -0.1) is 0 Å². The highest BCUT2D eigenvalue weighted by molar-refractivity contribution is 5.87. The molecule has 1 aliphatic heterocycles. The lowest BCUT2D eigenvalue weighted by molar-refractivity contribution is -0.130. The van der Waals surface area contributed by atoms with Gasteiger partial charge in [0.1, 0.15) is 18.1 Å². The fraction of sp³-hybridized carbons (Fsp3) is 0.222. The largest absolute Gasteiger partial charge is 0.485 e. The highest BCUT2D eigenvalue weighted by Crippen LogP contribution is 2.31. The number of alkyl halides is 4. The molecule has 1 aliphatic rings. The summed E-state index contributed by atoms with van der Waals surface area (Å²) in [7, 11) is 0. The van der Waals surface area contributed by atoms with Gasteiger partial charge in [-0.05, 0) is 24.3 Å². The van der Waals surface area contributed by atoms with Crippen molar-refractivity contribution in [2.45, 2.75) is 19.3 Å². The van der Waals surface area contributed by atoms with E-state index >= 15 is 0 Å². The molecule has 7 nitrogen and oxygen atoms in total. The number of nitrogens with one attached hydrogen (secondary N) is 1. The van der Waals surface area contributed by atoms with E-state index in [0.29, 0.717) is 11.5 Å². The number of hydrazone groups is 1. The first-order chi connectivity index (χ1) is 13.9. The molecule has 0 saturated heterocycles. The van der Waals surface area contributed by atoms with Crippen LogP contribution in [0.25, 0.3) is 0 Å². The van der Waals surface area contributed by atoms with Gasteiger partial charge in [-0.25, -0.2) is 5.43 Å². The Morgan fingerprint density at radius 2 is 1.83 bits per heavy atom. The van der Waals surface area contributed by atoms with E-state index in [1.54, 1.807) is 24.3 Å². The summed E-state index contributed by atoms with van der Waals surface area (Å²) in [6.07, 6.45) is 0.0417. The fourth-order valence-electron chi connectivity index (χ4n) is 2.38. The van der Waals surface area contributed by atoms with Gasteiger partial charge in [0.25, 0.3) is 5.91 Å². The van der Waals surface area contributed by atoms with Crippen molar-refractivity contribution >= 4 is 12.1 Å². The molecule has 2 aromatic rings. The first-order valence-electron chi connectivity index (χ1n) is 8.17. The Morgan fingerprint density at radius 3 is 2.55 bits per heavy atom. The van der Waals surface area contributed by atoms with Crippen molar-refractivity contribution in [3.63, 3.8) is 0 Å². The molecule has 1 amide bonds. The average molecular weight is 414 g/mol. The highest BCUT2D eigenvalue weighted by atomic mass is 19.3. The van der Waals surface area contributed by atoms with Gasteiger partial charge >= 0.3 is 13.2 Å². The molecule has 2 aromatic carbocycles. The number of hydrogen-bond acceptors (Lipinski definition) is 6. The summed E-state index contributed by atoms with van der Waals surface area (Å²) in [6.45, 7) is -6.37. The Kier molecular flexibility index (Phi) is 6.37. The zero-order valence-electron chi connectivity index (χ0n) is 14.6. The van der Waals surface area contributed by atoms with Gasteiger partial charge in [-0.3, -0.25) is 4.79 Å². The minimum absolute atomic E-state index is 0.00151. The lowest BCUT2D eigenvalue weighted by Crippen LogP contribution is -2.42. The summed E-state index contributed by atoms with van der Waals surface area (Å²) in [5.74, 6) is -0.569. The van der Waals surface area contributed by atoms with Crippen LogP contribution in [-0.4, -0.2) is 38.1 Å². The standard InChI is InChI=1S/C18H14F4N2O5/c19-17(20)27-11-6-5-10(14(7-11)29-18(21)22)8-23-24-16(25)15-9-26-12-3-1-2-4-13(12)28-15/h1-8,15,17-18H,9H2,(H,24,25)/b23-8+. The summed E-state index contributed by atoms with van der Waals surface area (Å²) >= 11 is 0. The van der Waals surface area contributed by atoms with E-state index in [9.17, 15) is 22.4 Å². The molecular weight excluding hydrogens is 400 g/mol. The second-order valence-corrected chi connectivity index (χ2v) is 5.56. The fourth-order valence-corrected chi connectivity index (χ4v) is 2.38. The van der Waals surface area contributed by atoms with Gasteiger partial charge in [0.15, 0.2) is 11.5 Å². The van der Waals surface area contributed by atoms with Crippen LogP contribution in [0, 0.1) is 0 Å². The number of carbonyl (C=O) groups is 1. The van der Waals surface area contributed by atoms with Crippen molar-refractivity contribution in [1.82, 2.24) is 5.43 Å². The quantitative estimate of drug-likeness (QED) is 0.428. The van der Waals surface area contributed by atoms with Crippen molar-refractivity contribution in [3.05, 3.63) is 48.0 Å². The smallest absolute Gasteiger partial charge is 0.387 e. The van der Waals surface area contributed by atoms with Gasteiger partial charge in [-0.1, -0.05) is 12.1 Å². The maximum absolute atomic E-state index is 12.6. The third kappa shape index (κ3) is 5.50. The lowest BCUT2D eigenvalue weighted by Gasteiger charge is -2.24. The second-order valence-electron chi connectivity index (χ2n) is 5.56. The van der Waals surface area contributed by atoms with Gasteiger partial charge in [-0.2, -0.15) is 22.7 Å². The van der Waals surface area contributed by atoms with Crippen molar-refractivity contribution in [3.8, 4) is 23.0 Å². The highest BCUT2D eigenvalue weighted by Gasteiger charge is 2.27. The van der Waals surface area contributed by atoms with Crippen LogP contribution in [-0.2, 0) is 4.79 Å². The molecule has 1 unspecified atom stereocenters. The molecule has 0 radical (unpaired) electrons. The van der Waals surface area contributed by atoms with E-state index in [-0.39, 0.29) is 17.9 Å². The Hall–Kier alpha value is -3.50. The van der Waals surface area contributed by atoms with Crippen LogP contribution in [0.2, 0.25) is 0 Å². The van der Waals surface area contributed by atoms with Gasteiger partial charge < -0.3 is 18.9 Å². The SMILES string of the molecule is O=C(N/N=C/c1ccc(OC(F)F)cc1OC(F)F)C1COc2ccccc2O1. The third-order valence-electron chi connectivity index (χ3n) is 3.61. The molecule has 0 bridgehead atoms. The molecule has 1 atom stereocenters. The minimum Gasteiger partial charge on any atom is -0.485 e. The van der Waals surface area contributed by atoms with Gasteiger partial charge in [0.05, 0.1) is 6.21 Å². The van der Waals surface area contributed by atoms with Crippen LogP contribution in [0.15, 0.2) is 47.6 Å². The summed E-state index contributed by atoms with van der Waals surface area (Å²) in [6, 6.07) is 9.93. The molecule has 0 aromatic heterocycles. The third-order valence-corrected chi connectivity index (χ3v) is 3.61. The number of ether oxygens (including phenoxy) is 4. The van der Waals surface area contributed by atoms with Crippen molar-refractivity contribution in [2.24, 2.45) is 5.10 Å². The zero-order valence-corrected chi connectivity index (χ0v) is 14.6. The van der Waals surface area contributed by atoms with E-state index in [1.807, 2.05) is 0 Å². The Balaban J connectivity index is 1.65. The monoisotopic (exact) mass is 414 g/mol. The van der Waals surface area contributed by atoms with Gasteiger partial charge in [0, 0.05) is 11.6 Å². The number of amides is 1. The molecule has 1 N–H and O–H groups in total. The molecule has 0 spiro atoms. The first-order valence-corrected chi connectivity index (χ1v) is 8.17. The summed E-state index contributed by atoms with van der Waals surface area (Å²) in [5.41, 5.74) is 2.19. The predicted molar refractivity (Wildman–Crippen MR) is 91.8 cm³/mol. The molecule has 0 saturated carbocycles. The molecular formula is C18H14F4N2O5. The molecule has 3 rings (SSSR count). The summed E-state index contributed by atoms with van der Waals surface area (Å²) in [4.78, 5) is 12.2. The Morgan fingerprint density at radius 1 is 1.10 bits per heavy atom. The number of nitrogens with zero attached hydrogens (tertiary/aromatic N) is 1. The van der Waals surface area contributed by atoms with Gasteiger partial charge in [0.2, 0.25) is 6.10 Å². The Bertz CT molecular complexity index is 894. The van der Waals surface area contributed by atoms with Crippen LogP contribution in [0.1, 0.15) is 5.56 Å². The minimum atomic E-state index is -3.20. The summed E-state index contributed by atoms with van der Waals surface area (Å²) < 4.78 is 69.0. The van der Waals surface area contributed by atoms with E-state index in [4.69, 9.17) is 9.47 Å². The van der Waals surface area contributed by atoms with Crippen LogP contribution < -0.4 is 24.4 Å². The first kappa shape index (κ1) is 20.2. The van der Waals surface area contributed by atoms with Crippen LogP contribution in [0.5, 0.6) is 23.0 Å². The van der Waals surface area contributed by atoms with Crippen LogP contribution in [0.3, 0.4) is 0 Å². The van der Waals surface area contributed by atoms with E-state index in [1.165, 1.54) is 6.07 Å². The molecule has 11 heteroatoms. The topological polar surface area (TPSA) is 78.4 Å². The molecule has 154 valence electrons. The number of rotatable bonds is 7. The predicted octanol–water partition coefficient (Wildman–Crippen LogP) is 3.18.